The molecule has 1 amide bonds. The molecule has 0 unspecified atom stereocenters. The molecule has 0 fully saturated rings. The molecule has 1 atom stereocenters. The molecule has 0 aromatic heterocycles. The summed E-state index contributed by atoms with van der Waals surface area (Å²) in [5, 5.41) is 2.71. The third-order valence-electron chi connectivity index (χ3n) is 3.87. The van der Waals surface area contributed by atoms with Gasteiger partial charge in [0.2, 0.25) is 0 Å². The second-order valence-electron chi connectivity index (χ2n) is 5.73. The van der Waals surface area contributed by atoms with Gasteiger partial charge in [0.1, 0.15) is 5.75 Å². The van der Waals surface area contributed by atoms with E-state index in [0.29, 0.717) is 17.9 Å². The van der Waals surface area contributed by atoms with Gasteiger partial charge in [-0.3, -0.25) is 9.59 Å². The number of rotatable bonds is 7. The van der Waals surface area contributed by atoms with Crippen molar-refractivity contribution in [3.05, 3.63) is 59.7 Å². The summed E-state index contributed by atoms with van der Waals surface area (Å²) in [5.41, 5.74) is 2.43. The maximum atomic E-state index is 12.3. The molecule has 132 valence electrons. The third kappa shape index (κ3) is 5.08. The molecule has 0 saturated heterocycles. The number of methoxy groups -OCH3 is 1. The Morgan fingerprint density at radius 3 is 2.48 bits per heavy atom. The molecule has 0 aliphatic rings. The van der Waals surface area contributed by atoms with Gasteiger partial charge in [0.25, 0.3) is 5.91 Å². The lowest BCUT2D eigenvalue weighted by Crippen LogP contribution is -2.24. The van der Waals surface area contributed by atoms with Crippen LogP contribution < -0.4 is 10.1 Å². The zero-order valence-corrected chi connectivity index (χ0v) is 14.7. The summed E-state index contributed by atoms with van der Waals surface area (Å²) in [4.78, 5) is 24.4. The minimum atomic E-state index is -0.403. The third-order valence-corrected chi connectivity index (χ3v) is 3.87. The van der Waals surface area contributed by atoms with Crippen molar-refractivity contribution < 1.29 is 19.1 Å². The fourth-order valence-electron chi connectivity index (χ4n) is 2.57. The Balaban J connectivity index is 1.95. The number of hydrogen-bond donors (Lipinski definition) is 1. The zero-order chi connectivity index (χ0) is 18.2. The average Bonchev–Trinajstić information content (AvgIpc) is 2.62. The van der Waals surface area contributed by atoms with Crippen LogP contribution in [0, 0.1) is 6.92 Å². The van der Waals surface area contributed by atoms with Crippen molar-refractivity contribution >= 4 is 17.6 Å². The summed E-state index contributed by atoms with van der Waals surface area (Å²) in [5.74, 6) is -0.622. The van der Waals surface area contributed by atoms with Gasteiger partial charge in [0, 0.05) is 0 Å². The van der Waals surface area contributed by atoms with E-state index in [1.54, 1.807) is 12.1 Å². The maximum Gasteiger partial charge on any atom is 0.313 e. The van der Waals surface area contributed by atoms with E-state index < -0.39 is 11.9 Å². The number of aryl methyl sites for hydroxylation is 1. The van der Waals surface area contributed by atoms with Crippen molar-refractivity contribution in [3.63, 3.8) is 0 Å². The second-order valence-corrected chi connectivity index (χ2v) is 5.73. The molecule has 2 rings (SSSR count). The Hall–Kier alpha value is -2.82. The van der Waals surface area contributed by atoms with Crippen molar-refractivity contribution in [1.29, 1.82) is 0 Å². The van der Waals surface area contributed by atoms with Crippen molar-refractivity contribution in [2.75, 3.05) is 19.0 Å². The van der Waals surface area contributed by atoms with Gasteiger partial charge in [0.15, 0.2) is 6.61 Å². The van der Waals surface area contributed by atoms with Gasteiger partial charge in [-0.1, -0.05) is 43.3 Å². The number of ether oxygens (including phenoxy) is 2. The van der Waals surface area contributed by atoms with Gasteiger partial charge in [-0.05, 0) is 36.6 Å². The van der Waals surface area contributed by atoms with Crippen LogP contribution in [0.5, 0.6) is 5.75 Å². The van der Waals surface area contributed by atoms with Crippen LogP contribution in [-0.2, 0) is 14.3 Å². The number of esters is 1. The highest BCUT2D eigenvalue weighted by Crippen LogP contribution is 2.25. The predicted molar refractivity (Wildman–Crippen MR) is 96.8 cm³/mol. The lowest BCUT2D eigenvalue weighted by Gasteiger charge is -2.15. The van der Waals surface area contributed by atoms with Crippen LogP contribution in [0.1, 0.15) is 30.4 Å². The fourth-order valence-corrected chi connectivity index (χ4v) is 2.57. The average molecular weight is 341 g/mol. The van der Waals surface area contributed by atoms with E-state index in [2.05, 4.69) is 5.32 Å². The van der Waals surface area contributed by atoms with E-state index in [0.717, 1.165) is 11.1 Å². The molecular weight excluding hydrogens is 318 g/mol. The van der Waals surface area contributed by atoms with E-state index in [1.807, 2.05) is 50.2 Å². The number of benzene rings is 2. The molecule has 0 aliphatic carbocycles. The molecule has 0 heterocycles. The lowest BCUT2D eigenvalue weighted by atomic mass is 9.97. The van der Waals surface area contributed by atoms with Crippen molar-refractivity contribution in [2.24, 2.45) is 0 Å². The maximum absolute atomic E-state index is 12.3. The highest BCUT2D eigenvalue weighted by Gasteiger charge is 2.21. The molecule has 0 spiro atoms. The van der Waals surface area contributed by atoms with Crippen molar-refractivity contribution in [3.8, 4) is 5.75 Å². The van der Waals surface area contributed by atoms with Gasteiger partial charge >= 0.3 is 5.97 Å². The summed E-state index contributed by atoms with van der Waals surface area (Å²) < 4.78 is 10.4. The molecule has 0 bridgehead atoms. The zero-order valence-electron chi connectivity index (χ0n) is 14.7. The van der Waals surface area contributed by atoms with E-state index in [4.69, 9.17) is 9.47 Å². The highest BCUT2D eigenvalue weighted by molar-refractivity contribution is 5.94. The number of nitrogens with one attached hydrogen (secondary N) is 1. The topological polar surface area (TPSA) is 64.6 Å². The number of carbonyl (C=O) groups excluding carboxylic acids is 2. The van der Waals surface area contributed by atoms with Crippen LogP contribution in [0.15, 0.2) is 48.5 Å². The second kappa shape index (κ2) is 8.87. The Morgan fingerprint density at radius 1 is 1.12 bits per heavy atom. The van der Waals surface area contributed by atoms with Crippen molar-refractivity contribution in [1.82, 2.24) is 0 Å². The first kappa shape index (κ1) is 18.5. The van der Waals surface area contributed by atoms with E-state index in [9.17, 15) is 9.59 Å². The van der Waals surface area contributed by atoms with Crippen LogP contribution in [0.4, 0.5) is 5.69 Å². The Labute approximate surface area is 148 Å². The lowest BCUT2D eigenvalue weighted by molar-refractivity contribution is -0.149. The van der Waals surface area contributed by atoms with Crippen LogP contribution in [0.3, 0.4) is 0 Å². The predicted octanol–water partition coefficient (Wildman–Crippen LogP) is 3.68. The summed E-state index contributed by atoms with van der Waals surface area (Å²) in [6.45, 7) is 3.50. The van der Waals surface area contributed by atoms with Crippen LogP contribution in [0.2, 0.25) is 0 Å². The Kier molecular flexibility index (Phi) is 6.57. The first-order valence-corrected chi connectivity index (χ1v) is 8.21. The minimum Gasteiger partial charge on any atom is -0.495 e. The molecule has 25 heavy (non-hydrogen) atoms. The summed E-state index contributed by atoms with van der Waals surface area (Å²) in [6.07, 6.45) is 0.607. The van der Waals surface area contributed by atoms with Gasteiger partial charge in [0.05, 0.1) is 18.7 Å². The molecule has 0 aliphatic heterocycles. The molecule has 5 heteroatoms. The van der Waals surface area contributed by atoms with Crippen molar-refractivity contribution in [2.45, 2.75) is 26.2 Å². The SMILES string of the molecule is CC[C@@H](C(=O)OCC(=O)Nc1cc(C)ccc1OC)c1ccccc1. The first-order chi connectivity index (χ1) is 12.0. The monoisotopic (exact) mass is 341 g/mol. The molecule has 5 nitrogen and oxygen atoms in total. The number of anilines is 1. The van der Waals surface area contributed by atoms with E-state index >= 15 is 0 Å². The van der Waals surface area contributed by atoms with E-state index in [-0.39, 0.29) is 12.5 Å². The fraction of sp³-hybridized carbons (Fsp3) is 0.300. The molecular formula is C20H23NO4. The summed E-state index contributed by atoms with van der Waals surface area (Å²) in [6, 6.07) is 14.9. The van der Waals surface area contributed by atoms with Gasteiger partial charge < -0.3 is 14.8 Å². The molecule has 2 aromatic rings. The summed E-state index contributed by atoms with van der Waals surface area (Å²) >= 11 is 0. The molecule has 2 aromatic carbocycles. The molecule has 1 N–H and O–H groups in total. The quantitative estimate of drug-likeness (QED) is 0.780. The first-order valence-electron chi connectivity index (χ1n) is 8.21. The number of amides is 1. The van der Waals surface area contributed by atoms with Gasteiger partial charge in [-0.2, -0.15) is 0 Å². The Morgan fingerprint density at radius 2 is 1.84 bits per heavy atom. The Bertz CT molecular complexity index is 728. The standard InChI is InChI=1S/C20H23NO4/c1-4-16(15-8-6-5-7-9-15)20(23)25-13-19(22)21-17-12-14(2)10-11-18(17)24-3/h5-12,16H,4,13H2,1-3H3,(H,21,22)/t16-/m1/s1. The van der Waals surface area contributed by atoms with Gasteiger partial charge in [-0.25, -0.2) is 0 Å². The largest absolute Gasteiger partial charge is 0.495 e. The van der Waals surface area contributed by atoms with Crippen LogP contribution in [-0.4, -0.2) is 25.6 Å². The highest BCUT2D eigenvalue weighted by atomic mass is 16.5. The normalized spacial score (nSPS) is 11.5. The number of carbonyl (C=O) groups is 2. The van der Waals surface area contributed by atoms with Crippen LogP contribution in [0.25, 0.3) is 0 Å². The minimum absolute atomic E-state index is 0.334. The van der Waals surface area contributed by atoms with Gasteiger partial charge in [-0.15, -0.1) is 0 Å². The van der Waals surface area contributed by atoms with E-state index in [1.165, 1.54) is 7.11 Å². The number of hydrogen-bond acceptors (Lipinski definition) is 4. The molecule has 0 radical (unpaired) electrons. The summed E-state index contributed by atoms with van der Waals surface area (Å²) in [7, 11) is 1.53. The molecule has 0 saturated carbocycles. The van der Waals surface area contributed by atoms with Crippen LogP contribution >= 0.6 is 0 Å². The smallest absolute Gasteiger partial charge is 0.313 e.